The van der Waals surface area contributed by atoms with Gasteiger partial charge in [0.2, 0.25) is 5.91 Å². The lowest BCUT2D eigenvalue weighted by atomic mass is 10.0. The first kappa shape index (κ1) is 20.8. The Balaban J connectivity index is 2.90. The fraction of sp³-hybridized carbons (Fsp3) is 0.412. The highest BCUT2D eigenvalue weighted by Gasteiger charge is 2.28. The van der Waals surface area contributed by atoms with Crippen LogP contribution < -0.4 is 16.8 Å². The molecule has 0 atom stereocenters. The predicted octanol–water partition coefficient (Wildman–Crippen LogP) is 0.969. The molecule has 0 aliphatic heterocycles. The Labute approximate surface area is 151 Å². The maximum Gasteiger partial charge on any atom is 0.266 e. The first-order valence-corrected chi connectivity index (χ1v) is 8.21. The van der Waals surface area contributed by atoms with Crippen molar-refractivity contribution in [1.29, 1.82) is 0 Å². The number of amides is 3. The minimum Gasteiger partial charge on any atom is -0.368 e. The first-order valence-electron chi connectivity index (χ1n) is 7.83. The van der Waals surface area contributed by atoms with E-state index in [9.17, 15) is 14.4 Å². The van der Waals surface area contributed by atoms with E-state index in [2.05, 4.69) is 10.3 Å². The molecule has 0 unspecified atom stereocenters. The third-order valence-electron chi connectivity index (χ3n) is 3.45. The number of hydrogen-bond acceptors (Lipinski definition) is 4. The highest BCUT2D eigenvalue weighted by Crippen LogP contribution is 2.10. The van der Waals surface area contributed by atoms with E-state index in [0.717, 1.165) is 5.56 Å². The third kappa shape index (κ3) is 7.03. The number of carbonyl (C=O) groups excluding carboxylic acids is 3. The zero-order valence-corrected chi connectivity index (χ0v) is 15.1. The number of carbonyl (C=O) groups is 3. The zero-order chi connectivity index (χ0) is 19.0. The maximum absolute atomic E-state index is 12.3. The van der Waals surface area contributed by atoms with Gasteiger partial charge in [0.15, 0.2) is 0 Å². The molecule has 0 bridgehead atoms. The summed E-state index contributed by atoms with van der Waals surface area (Å²) < 4.78 is 0. The number of hydrogen-bond donors (Lipinski definition) is 3. The molecule has 0 saturated carbocycles. The van der Waals surface area contributed by atoms with Crippen LogP contribution in [0.25, 0.3) is 0 Å². The van der Waals surface area contributed by atoms with E-state index < -0.39 is 23.3 Å². The maximum atomic E-state index is 12.3. The minimum absolute atomic E-state index is 0.0266. The molecule has 5 N–H and O–H groups in total. The van der Waals surface area contributed by atoms with Crippen molar-refractivity contribution in [3.05, 3.63) is 34.9 Å². The molecule has 0 aliphatic rings. The number of benzene rings is 1. The summed E-state index contributed by atoms with van der Waals surface area (Å²) in [6, 6.07) is 6.77. The Kier molecular flexibility index (Phi) is 7.73. The van der Waals surface area contributed by atoms with Crippen molar-refractivity contribution in [3.63, 3.8) is 0 Å². The molecule has 3 amide bonds. The summed E-state index contributed by atoms with van der Waals surface area (Å²) in [6.45, 7) is 3.30. The van der Waals surface area contributed by atoms with Crippen LogP contribution >= 0.6 is 11.6 Å². The van der Waals surface area contributed by atoms with Gasteiger partial charge in [-0.25, -0.2) is 4.99 Å². The van der Waals surface area contributed by atoms with Gasteiger partial charge in [0.1, 0.15) is 11.3 Å². The average molecular weight is 367 g/mol. The van der Waals surface area contributed by atoms with Crippen molar-refractivity contribution in [2.45, 2.75) is 38.6 Å². The number of nitrogens with two attached hydrogens (primary N) is 2. The average Bonchev–Trinajstić information content (AvgIpc) is 2.53. The topological polar surface area (TPSA) is 128 Å². The zero-order valence-electron chi connectivity index (χ0n) is 14.3. The molecule has 1 aromatic rings. The van der Waals surface area contributed by atoms with Crippen molar-refractivity contribution >= 4 is 35.0 Å². The number of aliphatic imine (C=N–C) groups is 1. The molecule has 7 nitrogen and oxygen atoms in total. The van der Waals surface area contributed by atoms with Gasteiger partial charge in [0.25, 0.3) is 11.8 Å². The molecule has 0 aromatic heterocycles. The number of halogens is 1. The van der Waals surface area contributed by atoms with Gasteiger partial charge in [-0.2, -0.15) is 0 Å². The summed E-state index contributed by atoms with van der Waals surface area (Å²) in [5.41, 5.74) is 10.2. The Bertz CT molecular complexity index is 669. The summed E-state index contributed by atoms with van der Waals surface area (Å²) >= 11 is 5.80. The van der Waals surface area contributed by atoms with Gasteiger partial charge in [0.05, 0.1) is 6.42 Å². The normalized spacial score (nSPS) is 11.9. The van der Waals surface area contributed by atoms with Crippen molar-refractivity contribution in [1.82, 2.24) is 5.32 Å². The van der Waals surface area contributed by atoms with Crippen LogP contribution in [-0.2, 0) is 20.8 Å². The fourth-order valence-electron chi connectivity index (χ4n) is 1.87. The third-order valence-corrected chi connectivity index (χ3v) is 3.70. The number of nitrogens with zero attached hydrogens (tertiary/aromatic N) is 1. The number of primary amides is 1. The fourth-order valence-corrected chi connectivity index (χ4v) is 2.00. The lowest BCUT2D eigenvalue weighted by Crippen LogP contribution is -2.54. The predicted molar refractivity (Wildman–Crippen MR) is 97.3 cm³/mol. The highest BCUT2D eigenvalue weighted by molar-refractivity contribution is 6.40. The lowest BCUT2D eigenvalue weighted by Gasteiger charge is -2.22. The van der Waals surface area contributed by atoms with E-state index in [1.54, 1.807) is 24.3 Å². The summed E-state index contributed by atoms with van der Waals surface area (Å²) in [5, 5.41) is 3.05. The second-order valence-corrected chi connectivity index (χ2v) is 6.53. The summed E-state index contributed by atoms with van der Waals surface area (Å²) in [6.07, 6.45) is 0.747. The molecule has 0 spiro atoms. The molecule has 0 saturated heterocycles. The Morgan fingerprint density at radius 3 is 2.32 bits per heavy atom. The Morgan fingerprint density at radius 1 is 1.20 bits per heavy atom. The van der Waals surface area contributed by atoms with Crippen molar-refractivity contribution < 1.29 is 14.4 Å². The highest BCUT2D eigenvalue weighted by atomic mass is 35.5. The van der Waals surface area contributed by atoms with Crippen LogP contribution in [0, 0.1) is 0 Å². The monoisotopic (exact) mass is 366 g/mol. The van der Waals surface area contributed by atoms with Crippen LogP contribution in [0.4, 0.5) is 0 Å². The Hall–Kier alpha value is -2.25. The van der Waals surface area contributed by atoms with E-state index >= 15 is 0 Å². The summed E-state index contributed by atoms with van der Waals surface area (Å²) in [5.74, 6) is -1.77. The smallest absolute Gasteiger partial charge is 0.266 e. The lowest BCUT2D eigenvalue weighted by molar-refractivity contribution is -0.127. The SMILES string of the molecule is CC(C)(NC(=O)C(CCCN)=NC(=O)Cc1ccc(Cl)cc1)C(N)=O. The van der Waals surface area contributed by atoms with Crippen LogP contribution in [0.5, 0.6) is 0 Å². The largest absolute Gasteiger partial charge is 0.368 e. The molecule has 0 radical (unpaired) electrons. The molecule has 8 heteroatoms. The molecule has 1 aromatic carbocycles. The van der Waals surface area contributed by atoms with Crippen LogP contribution in [-0.4, -0.2) is 35.5 Å². The van der Waals surface area contributed by atoms with Crippen LogP contribution in [0.1, 0.15) is 32.3 Å². The molecule has 1 rings (SSSR count). The van der Waals surface area contributed by atoms with Gasteiger partial charge in [-0.15, -0.1) is 0 Å². The minimum atomic E-state index is -1.25. The molecular weight excluding hydrogens is 344 g/mol. The Morgan fingerprint density at radius 2 is 1.80 bits per heavy atom. The van der Waals surface area contributed by atoms with Crippen molar-refractivity contribution in [3.8, 4) is 0 Å². The van der Waals surface area contributed by atoms with E-state index in [4.69, 9.17) is 23.1 Å². The van der Waals surface area contributed by atoms with Gasteiger partial charge in [-0.3, -0.25) is 14.4 Å². The first-order chi connectivity index (χ1) is 11.7. The van der Waals surface area contributed by atoms with Gasteiger partial charge in [0, 0.05) is 5.02 Å². The van der Waals surface area contributed by atoms with E-state index in [1.165, 1.54) is 13.8 Å². The molecular formula is C17H23ClN4O3. The molecule has 0 aliphatic carbocycles. The van der Waals surface area contributed by atoms with Gasteiger partial charge in [-0.1, -0.05) is 23.7 Å². The molecule has 25 heavy (non-hydrogen) atoms. The van der Waals surface area contributed by atoms with Gasteiger partial charge < -0.3 is 16.8 Å². The number of rotatable bonds is 8. The van der Waals surface area contributed by atoms with Crippen molar-refractivity contribution in [2.24, 2.45) is 16.5 Å². The standard InChI is InChI=1S/C17H23ClN4O3/c1-17(2,16(20)25)22-15(24)13(4-3-9-19)21-14(23)10-11-5-7-12(18)8-6-11/h5-8H,3-4,9-10,19H2,1-2H3,(H2,20,25)(H,22,24). The quantitative estimate of drug-likeness (QED) is 0.592. The van der Waals surface area contributed by atoms with Crippen LogP contribution in [0.3, 0.4) is 0 Å². The summed E-state index contributed by atoms with van der Waals surface area (Å²) in [7, 11) is 0. The van der Waals surface area contributed by atoms with E-state index in [1.807, 2.05) is 0 Å². The number of nitrogens with one attached hydrogen (secondary N) is 1. The second kappa shape index (κ2) is 9.29. The molecule has 136 valence electrons. The summed E-state index contributed by atoms with van der Waals surface area (Å²) in [4.78, 5) is 39.7. The van der Waals surface area contributed by atoms with Crippen LogP contribution in [0.15, 0.2) is 29.3 Å². The van der Waals surface area contributed by atoms with Gasteiger partial charge in [-0.05, 0) is 50.9 Å². The van der Waals surface area contributed by atoms with E-state index in [-0.39, 0.29) is 18.6 Å². The second-order valence-electron chi connectivity index (χ2n) is 6.09. The van der Waals surface area contributed by atoms with Gasteiger partial charge >= 0.3 is 0 Å². The molecule has 0 fully saturated rings. The molecule has 0 heterocycles. The van der Waals surface area contributed by atoms with Crippen molar-refractivity contribution in [2.75, 3.05) is 6.54 Å². The van der Waals surface area contributed by atoms with Crippen LogP contribution in [0.2, 0.25) is 5.02 Å². The van der Waals surface area contributed by atoms with E-state index in [0.29, 0.717) is 18.0 Å².